The van der Waals surface area contributed by atoms with Crippen LogP contribution in [-0.4, -0.2) is 10.2 Å². The highest BCUT2D eigenvalue weighted by Gasteiger charge is 2.10. The van der Waals surface area contributed by atoms with Gasteiger partial charge in [-0.3, -0.25) is 0 Å². The summed E-state index contributed by atoms with van der Waals surface area (Å²) in [4.78, 5) is 0. The Morgan fingerprint density at radius 1 is 1.33 bits per heavy atom. The quantitative estimate of drug-likeness (QED) is 0.571. The van der Waals surface area contributed by atoms with Gasteiger partial charge in [-0.2, -0.15) is 5.26 Å². The number of nitrogens with zero attached hydrogens (tertiary/aromatic N) is 1. The van der Waals surface area contributed by atoms with Crippen molar-refractivity contribution >= 4 is 0 Å². The maximum atomic E-state index is 9.37. The zero-order valence-corrected chi connectivity index (χ0v) is 6.92. The first-order chi connectivity index (χ1) is 5.57. The Morgan fingerprint density at radius 3 is 2.42 bits per heavy atom. The molecule has 0 saturated carbocycles. The molecule has 0 radical (unpaired) electrons. The summed E-state index contributed by atoms with van der Waals surface area (Å²) < 4.78 is 0. The summed E-state index contributed by atoms with van der Waals surface area (Å²) >= 11 is 0. The van der Waals surface area contributed by atoms with E-state index in [4.69, 9.17) is 5.26 Å². The Morgan fingerprint density at radius 2 is 1.92 bits per heavy atom. The van der Waals surface area contributed by atoms with Gasteiger partial charge in [0.2, 0.25) is 0 Å². The average Bonchev–Trinajstić information content (AvgIpc) is 2.02. The highest BCUT2D eigenvalue weighted by molar-refractivity contribution is 5.56. The van der Waals surface area contributed by atoms with E-state index in [2.05, 4.69) is 0 Å². The van der Waals surface area contributed by atoms with Crippen LogP contribution >= 0.6 is 0 Å². The van der Waals surface area contributed by atoms with E-state index in [0.717, 1.165) is 0 Å². The number of phenolic OH excluding ortho intramolecular Hbond substituents is 2. The maximum absolute atomic E-state index is 9.37. The van der Waals surface area contributed by atoms with Crippen molar-refractivity contribution in [3.8, 4) is 17.6 Å². The Bertz CT molecular complexity index is 338. The van der Waals surface area contributed by atoms with E-state index in [1.807, 2.05) is 6.07 Å². The molecule has 12 heavy (non-hydrogen) atoms. The van der Waals surface area contributed by atoms with E-state index >= 15 is 0 Å². The molecule has 0 spiro atoms. The summed E-state index contributed by atoms with van der Waals surface area (Å²) in [6, 6.07) is 3.27. The molecular weight excluding hydrogens is 154 g/mol. The molecule has 0 saturated heterocycles. The molecule has 3 nitrogen and oxygen atoms in total. The summed E-state index contributed by atoms with van der Waals surface area (Å²) in [5, 5.41) is 27.3. The molecule has 62 valence electrons. The summed E-state index contributed by atoms with van der Waals surface area (Å²) in [6.45, 7) is 3.22. The van der Waals surface area contributed by atoms with Crippen LogP contribution in [0.15, 0.2) is 6.07 Å². The molecule has 0 fully saturated rings. The number of hydrogen-bond acceptors (Lipinski definition) is 3. The van der Waals surface area contributed by atoms with Gasteiger partial charge in [-0.15, -0.1) is 0 Å². The summed E-state index contributed by atoms with van der Waals surface area (Å²) in [5.74, 6) is -0.00495. The highest BCUT2D eigenvalue weighted by Crippen LogP contribution is 2.30. The third kappa shape index (κ3) is 1.08. The second-order valence-electron chi connectivity index (χ2n) is 2.67. The first kappa shape index (κ1) is 8.41. The van der Waals surface area contributed by atoms with E-state index < -0.39 is 0 Å². The predicted molar refractivity (Wildman–Crippen MR) is 44.0 cm³/mol. The van der Waals surface area contributed by atoms with Crippen molar-refractivity contribution in [1.82, 2.24) is 0 Å². The molecule has 0 aliphatic carbocycles. The topological polar surface area (TPSA) is 64.2 Å². The van der Waals surface area contributed by atoms with Gasteiger partial charge in [0.25, 0.3) is 0 Å². The number of hydrogen-bond donors (Lipinski definition) is 2. The minimum Gasteiger partial charge on any atom is -0.508 e. The first-order valence-corrected chi connectivity index (χ1v) is 3.50. The molecule has 0 heterocycles. The van der Waals surface area contributed by atoms with Crippen molar-refractivity contribution in [2.75, 3.05) is 0 Å². The maximum Gasteiger partial charge on any atom is 0.136 e. The summed E-state index contributed by atoms with van der Waals surface area (Å²) in [5.41, 5.74) is 1.07. The largest absolute Gasteiger partial charge is 0.508 e. The second kappa shape index (κ2) is 2.74. The SMILES string of the molecule is Cc1cc(O)c(C)c(C#N)c1O. The van der Waals surface area contributed by atoms with Crippen molar-refractivity contribution in [3.63, 3.8) is 0 Å². The molecule has 1 rings (SSSR count). The minimum absolute atomic E-state index is 0.0434. The molecule has 0 aliphatic rings. The highest BCUT2D eigenvalue weighted by atomic mass is 16.3. The minimum atomic E-state index is -0.0483. The van der Waals surface area contributed by atoms with Gasteiger partial charge < -0.3 is 10.2 Å². The van der Waals surface area contributed by atoms with Crippen LogP contribution in [0.1, 0.15) is 16.7 Å². The van der Waals surface area contributed by atoms with Crippen molar-refractivity contribution in [3.05, 3.63) is 22.8 Å². The molecule has 0 aliphatic heterocycles. The number of nitriles is 1. The Kier molecular flexibility index (Phi) is 1.92. The zero-order valence-electron chi connectivity index (χ0n) is 6.92. The van der Waals surface area contributed by atoms with Crippen LogP contribution in [0.2, 0.25) is 0 Å². The number of phenols is 2. The lowest BCUT2D eigenvalue weighted by atomic mass is 10.0. The molecule has 3 heteroatoms. The smallest absolute Gasteiger partial charge is 0.136 e. The van der Waals surface area contributed by atoms with Crippen molar-refractivity contribution in [2.24, 2.45) is 0 Å². The van der Waals surface area contributed by atoms with Gasteiger partial charge in [0.05, 0.1) is 0 Å². The molecular formula is C9H9NO2. The number of aromatic hydroxyl groups is 2. The first-order valence-electron chi connectivity index (χ1n) is 3.50. The van der Waals surface area contributed by atoms with Crippen LogP contribution in [0.4, 0.5) is 0 Å². The molecule has 1 aromatic carbocycles. The van der Waals surface area contributed by atoms with E-state index in [1.54, 1.807) is 13.8 Å². The standard InChI is InChI=1S/C9H9NO2/c1-5-3-8(11)6(2)7(4-10)9(5)12/h3,11-12H,1-2H3. The van der Waals surface area contributed by atoms with Crippen LogP contribution < -0.4 is 0 Å². The van der Waals surface area contributed by atoms with Gasteiger partial charge in [0.1, 0.15) is 23.1 Å². The Labute approximate surface area is 70.5 Å². The molecule has 1 aromatic rings. The van der Waals surface area contributed by atoms with Crippen LogP contribution in [0.5, 0.6) is 11.5 Å². The number of benzene rings is 1. The number of rotatable bonds is 0. The molecule has 0 aromatic heterocycles. The normalized spacial score (nSPS) is 9.42. The van der Waals surface area contributed by atoms with E-state index in [-0.39, 0.29) is 17.1 Å². The van der Waals surface area contributed by atoms with Crippen molar-refractivity contribution < 1.29 is 10.2 Å². The van der Waals surface area contributed by atoms with Crippen LogP contribution in [0, 0.1) is 25.2 Å². The molecule has 0 atom stereocenters. The third-order valence-electron chi connectivity index (χ3n) is 1.83. The lowest BCUT2D eigenvalue weighted by Gasteiger charge is -2.05. The second-order valence-corrected chi connectivity index (χ2v) is 2.67. The monoisotopic (exact) mass is 163 g/mol. The van der Waals surface area contributed by atoms with Gasteiger partial charge in [-0.1, -0.05) is 0 Å². The van der Waals surface area contributed by atoms with E-state index in [1.165, 1.54) is 6.07 Å². The Balaban J connectivity index is 3.56. The lowest BCUT2D eigenvalue weighted by molar-refractivity contribution is 0.452. The van der Waals surface area contributed by atoms with Gasteiger partial charge in [-0.25, -0.2) is 0 Å². The summed E-state index contributed by atoms with van der Waals surface area (Å²) in [7, 11) is 0. The van der Waals surface area contributed by atoms with Gasteiger partial charge in [0, 0.05) is 5.56 Å². The van der Waals surface area contributed by atoms with Crippen LogP contribution in [0.25, 0.3) is 0 Å². The van der Waals surface area contributed by atoms with E-state index in [9.17, 15) is 10.2 Å². The van der Waals surface area contributed by atoms with E-state index in [0.29, 0.717) is 11.1 Å². The predicted octanol–water partition coefficient (Wildman–Crippen LogP) is 1.59. The van der Waals surface area contributed by atoms with Gasteiger partial charge >= 0.3 is 0 Å². The Hall–Kier alpha value is -1.69. The molecule has 2 N–H and O–H groups in total. The fourth-order valence-corrected chi connectivity index (χ4v) is 1.02. The average molecular weight is 163 g/mol. The molecule has 0 unspecified atom stereocenters. The fraction of sp³-hybridized carbons (Fsp3) is 0.222. The van der Waals surface area contributed by atoms with Crippen molar-refractivity contribution in [2.45, 2.75) is 13.8 Å². The van der Waals surface area contributed by atoms with Gasteiger partial charge in [-0.05, 0) is 25.5 Å². The third-order valence-corrected chi connectivity index (χ3v) is 1.83. The summed E-state index contributed by atoms with van der Waals surface area (Å²) in [6.07, 6.45) is 0. The van der Waals surface area contributed by atoms with Gasteiger partial charge in [0.15, 0.2) is 0 Å². The zero-order chi connectivity index (χ0) is 9.30. The van der Waals surface area contributed by atoms with Crippen molar-refractivity contribution in [1.29, 1.82) is 5.26 Å². The number of aryl methyl sites for hydroxylation is 1. The fourth-order valence-electron chi connectivity index (χ4n) is 1.02. The lowest BCUT2D eigenvalue weighted by Crippen LogP contribution is -1.87. The molecule has 0 amide bonds. The molecule has 0 bridgehead atoms. The van der Waals surface area contributed by atoms with Crippen LogP contribution in [-0.2, 0) is 0 Å². The van der Waals surface area contributed by atoms with Crippen LogP contribution in [0.3, 0.4) is 0 Å².